The molecule has 0 bridgehead atoms. The number of carbonyl (C=O) groups excluding carboxylic acids is 2. The number of hydrogen-bond acceptors (Lipinski definition) is 4. The second-order valence-electron chi connectivity index (χ2n) is 10.9. The van der Waals surface area contributed by atoms with Gasteiger partial charge in [0.15, 0.2) is 0 Å². The lowest BCUT2D eigenvalue weighted by atomic mass is 9.95. The molecule has 0 saturated heterocycles. The van der Waals surface area contributed by atoms with Crippen LogP contribution >= 0.6 is 11.6 Å². The third-order valence-electron chi connectivity index (χ3n) is 7.70. The number of rotatable bonds is 10. The number of nitrogens with one attached hydrogen (secondary N) is 1. The van der Waals surface area contributed by atoms with Crippen molar-refractivity contribution in [1.82, 2.24) is 10.2 Å². The Labute approximate surface area is 252 Å². The first-order valence-electron chi connectivity index (χ1n) is 14.2. The lowest BCUT2D eigenvalue weighted by molar-refractivity contribution is -0.139. The van der Waals surface area contributed by atoms with E-state index in [0.717, 1.165) is 42.0 Å². The van der Waals surface area contributed by atoms with Crippen LogP contribution in [-0.2, 0) is 26.2 Å². The molecular formula is C32H37ClFN3O4S. The highest BCUT2D eigenvalue weighted by molar-refractivity contribution is 7.92. The summed E-state index contributed by atoms with van der Waals surface area (Å²) in [5.41, 5.74) is 2.37. The van der Waals surface area contributed by atoms with Crippen LogP contribution in [0.1, 0.15) is 55.7 Å². The molecule has 0 spiro atoms. The number of benzene rings is 3. The van der Waals surface area contributed by atoms with E-state index in [4.69, 9.17) is 11.6 Å². The van der Waals surface area contributed by atoms with Gasteiger partial charge in [-0.2, -0.15) is 0 Å². The third-order valence-corrected chi connectivity index (χ3v) is 9.71. The van der Waals surface area contributed by atoms with E-state index < -0.39 is 34.3 Å². The maximum atomic E-state index is 14.1. The smallest absolute Gasteiger partial charge is 0.264 e. The number of hydrogen-bond donors (Lipinski definition) is 1. The molecule has 10 heteroatoms. The first-order valence-corrected chi connectivity index (χ1v) is 16.0. The molecule has 224 valence electrons. The predicted molar refractivity (Wildman–Crippen MR) is 163 cm³/mol. The molecule has 2 amide bonds. The fourth-order valence-corrected chi connectivity index (χ4v) is 6.89. The van der Waals surface area contributed by atoms with E-state index in [-0.39, 0.29) is 23.4 Å². The second-order valence-corrected chi connectivity index (χ2v) is 13.2. The lowest BCUT2D eigenvalue weighted by Gasteiger charge is -2.33. The van der Waals surface area contributed by atoms with Gasteiger partial charge < -0.3 is 10.2 Å². The first-order chi connectivity index (χ1) is 20.0. The zero-order chi connectivity index (χ0) is 30.4. The summed E-state index contributed by atoms with van der Waals surface area (Å²) in [7, 11) is -4.19. The number of amides is 2. The molecular weight excluding hydrogens is 577 g/mol. The topological polar surface area (TPSA) is 86.8 Å². The third kappa shape index (κ3) is 7.69. The van der Waals surface area contributed by atoms with Crippen molar-refractivity contribution in [3.63, 3.8) is 0 Å². The molecule has 1 N–H and O–H groups in total. The van der Waals surface area contributed by atoms with Gasteiger partial charge in [0.05, 0.1) is 10.6 Å². The van der Waals surface area contributed by atoms with Crippen LogP contribution < -0.4 is 9.62 Å². The zero-order valence-electron chi connectivity index (χ0n) is 24.1. The van der Waals surface area contributed by atoms with Crippen molar-refractivity contribution in [2.45, 2.75) is 76.4 Å². The van der Waals surface area contributed by atoms with Gasteiger partial charge in [-0.3, -0.25) is 13.9 Å². The highest BCUT2D eigenvalue weighted by atomic mass is 35.5. The van der Waals surface area contributed by atoms with Crippen LogP contribution in [0.4, 0.5) is 10.1 Å². The normalized spacial score (nSPS) is 14.7. The van der Waals surface area contributed by atoms with E-state index in [9.17, 15) is 22.4 Å². The van der Waals surface area contributed by atoms with Gasteiger partial charge in [0.2, 0.25) is 11.8 Å². The Morgan fingerprint density at radius 2 is 1.62 bits per heavy atom. The maximum absolute atomic E-state index is 14.1. The summed E-state index contributed by atoms with van der Waals surface area (Å²) in [5, 5.41) is 3.50. The van der Waals surface area contributed by atoms with E-state index in [1.54, 1.807) is 56.3 Å². The van der Waals surface area contributed by atoms with Crippen LogP contribution in [-0.4, -0.2) is 43.8 Å². The Morgan fingerprint density at radius 1 is 0.976 bits per heavy atom. The van der Waals surface area contributed by atoms with Crippen molar-refractivity contribution in [1.29, 1.82) is 0 Å². The molecule has 0 heterocycles. The molecule has 42 heavy (non-hydrogen) atoms. The highest BCUT2D eigenvalue weighted by Gasteiger charge is 2.33. The standard InChI is InChI=1S/C32H37ClFN3O4S/c1-22-9-16-29(17-10-22)42(40,41)37(30-18-13-26(33)19-23(30)2)21-31(38)36(20-25-11-14-27(34)15-12-25)24(3)32(39)35-28-7-5-4-6-8-28/h9-19,24,28H,4-8,20-21H2,1-3H3,(H,35,39). The van der Waals surface area contributed by atoms with Gasteiger partial charge in [0.1, 0.15) is 18.4 Å². The lowest BCUT2D eigenvalue weighted by Crippen LogP contribution is -2.53. The van der Waals surface area contributed by atoms with E-state index in [1.807, 2.05) is 6.92 Å². The summed E-state index contributed by atoms with van der Waals surface area (Å²) in [6.45, 7) is 4.65. The summed E-state index contributed by atoms with van der Waals surface area (Å²) >= 11 is 6.17. The highest BCUT2D eigenvalue weighted by Crippen LogP contribution is 2.30. The van der Waals surface area contributed by atoms with Crippen molar-refractivity contribution < 1.29 is 22.4 Å². The molecule has 1 aliphatic carbocycles. The molecule has 7 nitrogen and oxygen atoms in total. The van der Waals surface area contributed by atoms with E-state index in [0.29, 0.717) is 21.8 Å². The van der Waals surface area contributed by atoms with Crippen molar-refractivity contribution in [2.75, 3.05) is 10.8 Å². The van der Waals surface area contributed by atoms with Crippen LogP contribution in [0.5, 0.6) is 0 Å². The second kappa shape index (κ2) is 13.7. The quantitative estimate of drug-likeness (QED) is 0.297. The molecule has 1 fully saturated rings. The average molecular weight is 614 g/mol. The van der Waals surface area contributed by atoms with Gasteiger partial charge in [-0.15, -0.1) is 0 Å². The Balaban J connectivity index is 1.69. The Kier molecular flexibility index (Phi) is 10.3. The summed E-state index contributed by atoms with van der Waals surface area (Å²) < 4.78 is 42.7. The van der Waals surface area contributed by atoms with Gasteiger partial charge in [0.25, 0.3) is 10.0 Å². The van der Waals surface area contributed by atoms with Gasteiger partial charge in [0, 0.05) is 17.6 Å². The summed E-state index contributed by atoms with van der Waals surface area (Å²) in [6, 6.07) is 16.0. The molecule has 4 rings (SSSR count). The van der Waals surface area contributed by atoms with E-state index in [1.165, 1.54) is 29.2 Å². The minimum atomic E-state index is -4.19. The maximum Gasteiger partial charge on any atom is 0.264 e. The van der Waals surface area contributed by atoms with Gasteiger partial charge >= 0.3 is 0 Å². The first kappa shape index (κ1) is 31.5. The molecule has 0 aromatic heterocycles. The number of halogens is 2. The van der Waals surface area contributed by atoms with Crippen LogP contribution in [0, 0.1) is 19.7 Å². The minimum Gasteiger partial charge on any atom is -0.352 e. The van der Waals surface area contributed by atoms with Gasteiger partial charge in [-0.05, 0) is 87.2 Å². The van der Waals surface area contributed by atoms with Gasteiger partial charge in [-0.25, -0.2) is 12.8 Å². The number of sulfonamides is 1. The van der Waals surface area contributed by atoms with Crippen molar-refractivity contribution in [3.8, 4) is 0 Å². The molecule has 1 atom stereocenters. The molecule has 0 radical (unpaired) electrons. The fourth-order valence-electron chi connectivity index (χ4n) is 5.19. The molecule has 1 unspecified atom stereocenters. The van der Waals surface area contributed by atoms with Crippen molar-refractivity contribution >= 4 is 39.1 Å². The Hall–Kier alpha value is -3.43. The minimum absolute atomic E-state index is 0.00359. The fraction of sp³-hybridized carbons (Fsp3) is 0.375. The molecule has 3 aromatic rings. The monoisotopic (exact) mass is 613 g/mol. The summed E-state index contributed by atoms with van der Waals surface area (Å²) in [5.74, 6) is -1.31. The summed E-state index contributed by atoms with van der Waals surface area (Å²) in [6.07, 6.45) is 4.95. The van der Waals surface area contributed by atoms with Gasteiger partial charge in [-0.1, -0.05) is 60.7 Å². The van der Waals surface area contributed by atoms with E-state index in [2.05, 4.69) is 5.32 Å². The Bertz CT molecular complexity index is 1510. The zero-order valence-corrected chi connectivity index (χ0v) is 25.7. The molecule has 1 saturated carbocycles. The Morgan fingerprint density at radius 3 is 2.24 bits per heavy atom. The molecule has 1 aliphatic rings. The number of carbonyl (C=O) groups is 2. The van der Waals surface area contributed by atoms with Crippen molar-refractivity contribution in [2.24, 2.45) is 0 Å². The van der Waals surface area contributed by atoms with Crippen LogP contribution in [0.3, 0.4) is 0 Å². The van der Waals surface area contributed by atoms with Crippen molar-refractivity contribution in [3.05, 3.63) is 94.3 Å². The number of aryl methyl sites for hydroxylation is 2. The number of anilines is 1. The van der Waals surface area contributed by atoms with E-state index >= 15 is 0 Å². The van der Waals surface area contributed by atoms with Crippen LogP contribution in [0.15, 0.2) is 71.6 Å². The predicted octanol–water partition coefficient (Wildman–Crippen LogP) is 6.16. The largest absolute Gasteiger partial charge is 0.352 e. The number of nitrogens with zero attached hydrogens (tertiary/aromatic N) is 2. The van der Waals surface area contributed by atoms with Crippen LogP contribution in [0.25, 0.3) is 0 Å². The molecule has 3 aromatic carbocycles. The molecule has 0 aliphatic heterocycles. The SMILES string of the molecule is Cc1ccc(S(=O)(=O)N(CC(=O)N(Cc2ccc(F)cc2)C(C)C(=O)NC2CCCCC2)c2ccc(Cl)cc2C)cc1. The summed E-state index contributed by atoms with van der Waals surface area (Å²) in [4.78, 5) is 28.9. The van der Waals surface area contributed by atoms with Crippen LogP contribution in [0.2, 0.25) is 5.02 Å². The average Bonchev–Trinajstić information content (AvgIpc) is 2.96.